The summed E-state index contributed by atoms with van der Waals surface area (Å²) >= 11 is 1.34. The predicted octanol–water partition coefficient (Wildman–Crippen LogP) is 4.77. The number of anilines is 1. The number of methoxy groups -OCH3 is 1. The number of benzene rings is 2. The second kappa shape index (κ2) is 9.65. The summed E-state index contributed by atoms with van der Waals surface area (Å²) in [5, 5.41) is 12.0. The number of hydrogen-bond donors (Lipinski definition) is 1. The van der Waals surface area contributed by atoms with E-state index in [9.17, 15) is 4.79 Å². The van der Waals surface area contributed by atoms with Crippen molar-refractivity contribution in [3.63, 3.8) is 0 Å². The number of pyridine rings is 1. The van der Waals surface area contributed by atoms with Crippen LogP contribution in [0.25, 0.3) is 17.1 Å². The van der Waals surface area contributed by atoms with Gasteiger partial charge in [0.15, 0.2) is 11.0 Å². The summed E-state index contributed by atoms with van der Waals surface area (Å²) in [6, 6.07) is 19.1. The Morgan fingerprint density at radius 1 is 1.03 bits per heavy atom. The van der Waals surface area contributed by atoms with E-state index in [1.807, 2.05) is 79.1 Å². The Hall–Kier alpha value is -3.65. The minimum atomic E-state index is -0.405. The van der Waals surface area contributed by atoms with Crippen molar-refractivity contribution in [3.05, 3.63) is 78.6 Å². The highest BCUT2D eigenvalue weighted by atomic mass is 32.2. The van der Waals surface area contributed by atoms with Crippen LogP contribution in [0.1, 0.15) is 12.5 Å². The van der Waals surface area contributed by atoms with Crippen LogP contribution in [0.15, 0.2) is 78.2 Å². The first kappa shape index (κ1) is 21.6. The van der Waals surface area contributed by atoms with Crippen LogP contribution in [-0.2, 0) is 4.79 Å². The second-order valence-corrected chi connectivity index (χ2v) is 8.42. The molecule has 1 N–H and O–H groups in total. The van der Waals surface area contributed by atoms with Gasteiger partial charge in [0, 0.05) is 23.6 Å². The largest absolute Gasteiger partial charge is 0.495 e. The molecule has 32 heavy (non-hydrogen) atoms. The van der Waals surface area contributed by atoms with Crippen molar-refractivity contribution in [1.29, 1.82) is 0 Å². The van der Waals surface area contributed by atoms with E-state index in [1.165, 1.54) is 11.8 Å². The molecule has 0 unspecified atom stereocenters. The van der Waals surface area contributed by atoms with Gasteiger partial charge in [-0.1, -0.05) is 42.1 Å². The number of nitrogens with one attached hydrogen (secondary N) is 1. The zero-order valence-electron chi connectivity index (χ0n) is 18.0. The van der Waals surface area contributed by atoms with Gasteiger partial charge in [0.2, 0.25) is 5.91 Å². The lowest BCUT2D eigenvalue weighted by molar-refractivity contribution is -0.115. The first-order valence-corrected chi connectivity index (χ1v) is 11.0. The number of carbonyl (C=O) groups is 1. The maximum absolute atomic E-state index is 12.9. The molecule has 8 heteroatoms. The summed E-state index contributed by atoms with van der Waals surface area (Å²) in [6.45, 7) is 3.82. The number of aryl methyl sites for hydroxylation is 1. The molecule has 0 saturated heterocycles. The van der Waals surface area contributed by atoms with Gasteiger partial charge in [-0.25, -0.2) is 0 Å². The molecule has 0 aliphatic carbocycles. The van der Waals surface area contributed by atoms with Crippen LogP contribution in [0.5, 0.6) is 5.75 Å². The molecule has 2 heterocycles. The van der Waals surface area contributed by atoms with E-state index in [4.69, 9.17) is 4.74 Å². The van der Waals surface area contributed by atoms with E-state index in [-0.39, 0.29) is 5.91 Å². The molecule has 0 aliphatic rings. The number of para-hydroxylation sites is 3. The fourth-order valence-corrected chi connectivity index (χ4v) is 4.09. The summed E-state index contributed by atoms with van der Waals surface area (Å²) in [5.74, 6) is 1.22. The molecule has 4 aromatic rings. The van der Waals surface area contributed by atoms with Gasteiger partial charge in [-0.3, -0.25) is 14.3 Å². The van der Waals surface area contributed by atoms with E-state index in [2.05, 4.69) is 20.5 Å². The number of carbonyl (C=O) groups excluding carboxylic acids is 1. The molecule has 2 aromatic carbocycles. The number of rotatable bonds is 7. The van der Waals surface area contributed by atoms with Gasteiger partial charge in [0.25, 0.3) is 0 Å². The summed E-state index contributed by atoms with van der Waals surface area (Å²) in [4.78, 5) is 17.0. The van der Waals surface area contributed by atoms with Crippen LogP contribution in [0, 0.1) is 6.92 Å². The lowest BCUT2D eigenvalue weighted by Crippen LogP contribution is -2.23. The number of aromatic nitrogens is 4. The van der Waals surface area contributed by atoms with Crippen molar-refractivity contribution < 1.29 is 9.53 Å². The topological polar surface area (TPSA) is 81.9 Å². The fraction of sp³-hybridized carbons (Fsp3) is 0.167. The number of nitrogens with zero attached hydrogens (tertiary/aromatic N) is 4. The average molecular weight is 446 g/mol. The Morgan fingerprint density at radius 2 is 1.75 bits per heavy atom. The highest BCUT2D eigenvalue weighted by Gasteiger charge is 2.23. The quantitative estimate of drug-likeness (QED) is 0.413. The predicted molar refractivity (Wildman–Crippen MR) is 126 cm³/mol. The summed E-state index contributed by atoms with van der Waals surface area (Å²) in [6.07, 6.45) is 3.42. The number of thioether (sulfide) groups is 1. The monoisotopic (exact) mass is 445 g/mol. The van der Waals surface area contributed by atoms with Crippen molar-refractivity contribution in [1.82, 2.24) is 19.7 Å². The molecule has 0 spiro atoms. The molecular formula is C24H23N5O2S. The van der Waals surface area contributed by atoms with Gasteiger partial charge in [0.1, 0.15) is 5.75 Å². The molecule has 1 amide bonds. The number of ether oxygens (including phenoxy) is 1. The zero-order chi connectivity index (χ0) is 22.5. The minimum absolute atomic E-state index is 0.107. The Morgan fingerprint density at radius 3 is 2.50 bits per heavy atom. The van der Waals surface area contributed by atoms with Crippen molar-refractivity contribution in [2.75, 3.05) is 12.4 Å². The Bertz CT molecular complexity index is 1230. The SMILES string of the molecule is COc1ccccc1-n1c(S[C@@H](C)C(=O)Nc2ccccc2C)nnc1-c1ccncc1. The summed E-state index contributed by atoms with van der Waals surface area (Å²) < 4.78 is 7.50. The number of hydrogen-bond acceptors (Lipinski definition) is 6. The Kier molecular flexibility index (Phi) is 6.51. The fourth-order valence-electron chi connectivity index (χ4n) is 3.23. The van der Waals surface area contributed by atoms with Crippen molar-refractivity contribution in [2.45, 2.75) is 24.3 Å². The normalized spacial score (nSPS) is 11.7. The summed E-state index contributed by atoms with van der Waals surface area (Å²) in [7, 11) is 1.63. The van der Waals surface area contributed by atoms with Crippen molar-refractivity contribution in [2.24, 2.45) is 0 Å². The van der Waals surface area contributed by atoms with Crippen LogP contribution >= 0.6 is 11.8 Å². The molecule has 0 bridgehead atoms. The van der Waals surface area contributed by atoms with Crippen LogP contribution in [0.2, 0.25) is 0 Å². The molecular weight excluding hydrogens is 422 g/mol. The first-order valence-electron chi connectivity index (χ1n) is 10.1. The van der Waals surface area contributed by atoms with Crippen molar-refractivity contribution >= 4 is 23.4 Å². The van der Waals surface area contributed by atoms with Crippen molar-refractivity contribution in [3.8, 4) is 22.8 Å². The first-order chi connectivity index (χ1) is 15.6. The molecule has 0 radical (unpaired) electrons. The van der Waals surface area contributed by atoms with Crippen LogP contribution < -0.4 is 10.1 Å². The molecule has 162 valence electrons. The lowest BCUT2D eigenvalue weighted by Gasteiger charge is -2.16. The van der Waals surface area contributed by atoms with Gasteiger partial charge in [-0.15, -0.1) is 10.2 Å². The van der Waals surface area contributed by atoms with Gasteiger partial charge in [-0.2, -0.15) is 0 Å². The molecule has 1 atom stereocenters. The van der Waals surface area contributed by atoms with Crippen LogP contribution in [0.3, 0.4) is 0 Å². The van der Waals surface area contributed by atoms with E-state index < -0.39 is 5.25 Å². The molecule has 0 fully saturated rings. The molecule has 0 aliphatic heterocycles. The van der Waals surface area contributed by atoms with E-state index in [1.54, 1.807) is 19.5 Å². The second-order valence-electron chi connectivity index (χ2n) is 7.11. The maximum atomic E-state index is 12.9. The zero-order valence-corrected chi connectivity index (χ0v) is 18.8. The third kappa shape index (κ3) is 4.50. The highest BCUT2D eigenvalue weighted by Crippen LogP contribution is 2.34. The van der Waals surface area contributed by atoms with E-state index >= 15 is 0 Å². The smallest absolute Gasteiger partial charge is 0.237 e. The molecule has 7 nitrogen and oxygen atoms in total. The van der Waals surface area contributed by atoms with Gasteiger partial charge in [-0.05, 0) is 49.7 Å². The molecule has 0 saturated carbocycles. The average Bonchev–Trinajstić information content (AvgIpc) is 3.24. The third-order valence-corrected chi connectivity index (χ3v) is 5.99. The van der Waals surface area contributed by atoms with Gasteiger partial charge >= 0.3 is 0 Å². The van der Waals surface area contributed by atoms with Crippen LogP contribution in [-0.4, -0.2) is 38.0 Å². The number of amides is 1. The standard InChI is InChI=1S/C24H23N5O2S/c1-16-8-4-5-9-19(16)26-23(30)17(2)32-24-28-27-22(18-12-14-25-15-13-18)29(24)20-10-6-7-11-21(20)31-3/h4-15,17H,1-3H3,(H,26,30)/t17-/m0/s1. The van der Waals surface area contributed by atoms with Gasteiger partial charge < -0.3 is 10.1 Å². The molecule has 4 rings (SSSR count). The van der Waals surface area contributed by atoms with E-state index in [0.29, 0.717) is 16.7 Å². The maximum Gasteiger partial charge on any atom is 0.237 e. The van der Waals surface area contributed by atoms with Gasteiger partial charge in [0.05, 0.1) is 18.0 Å². The third-order valence-electron chi connectivity index (χ3n) is 4.95. The molecule has 2 aromatic heterocycles. The lowest BCUT2D eigenvalue weighted by atomic mass is 10.2. The highest BCUT2D eigenvalue weighted by molar-refractivity contribution is 8.00. The Balaban J connectivity index is 1.69. The minimum Gasteiger partial charge on any atom is -0.495 e. The van der Waals surface area contributed by atoms with E-state index in [0.717, 1.165) is 22.5 Å². The Labute approximate surface area is 190 Å². The summed E-state index contributed by atoms with van der Waals surface area (Å²) in [5.41, 5.74) is 3.46. The van der Waals surface area contributed by atoms with Crippen LogP contribution in [0.4, 0.5) is 5.69 Å².